The average molecular weight is 294 g/mol. The van der Waals surface area contributed by atoms with Crippen LogP contribution in [0.2, 0.25) is 0 Å². The van der Waals surface area contributed by atoms with Gasteiger partial charge in [-0.05, 0) is 30.9 Å². The van der Waals surface area contributed by atoms with Crippen molar-refractivity contribution in [2.45, 2.75) is 31.8 Å². The van der Waals surface area contributed by atoms with E-state index in [1.54, 1.807) is 0 Å². The van der Waals surface area contributed by atoms with Gasteiger partial charge in [0.05, 0.1) is 12.1 Å². The molecular weight excluding hydrogens is 272 g/mol. The molecule has 114 valence electrons. The summed E-state index contributed by atoms with van der Waals surface area (Å²) in [5.41, 5.74) is 2.36. The maximum absolute atomic E-state index is 12.6. The summed E-state index contributed by atoms with van der Waals surface area (Å²) >= 11 is 0. The van der Waals surface area contributed by atoms with Crippen LogP contribution in [0.25, 0.3) is 0 Å². The van der Waals surface area contributed by atoms with Gasteiger partial charge in [-0.15, -0.1) is 0 Å². The Bertz CT molecular complexity index is 612. The summed E-state index contributed by atoms with van der Waals surface area (Å²) in [5.74, 6) is 0. The average Bonchev–Trinajstić information content (AvgIpc) is 2.77. The number of amides is 2. The van der Waals surface area contributed by atoms with Crippen molar-refractivity contribution in [2.75, 3.05) is 6.54 Å². The molecule has 1 heterocycles. The predicted molar refractivity (Wildman–Crippen MR) is 88.5 cm³/mol. The highest BCUT2D eigenvalue weighted by atomic mass is 16.2. The first kappa shape index (κ1) is 14.6. The Morgan fingerprint density at radius 3 is 2.36 bits per heavy atom. The molecule has 0 saturated carbocycles. The van der Waals surface area contributed by atoms with E-state index >= 15 is 0 Å². The van der Waals surface area contributed by atoms with Crippen molar-refractivity contribution in [3.63, 3.8) is 0 Å². The molecule has 0 radical (unpaired) electrons. The van der Waals surface area contributed by atoms with E-state index in [9.17, 15) is 4.79 Å². The van der Waals surface area contributed by atoms with Crippen molar-refractivity contribution >= 4 is 6.03 Å². The Labute approximate surface area is 132 Å². The summed E-state index contributed by atoms with van der Waals surface area (Å²) in [4.78, 5) is 14.6. The number of nitrogens with one attached hydrogen (secondary N) is 1. The Kier molecular flexibility index (Phi) is 4.42. The lowest BCUT2D eigenvalue weighted by molar-refractivity contribution is 0.183. The molecule has 2 amide bonds. The predicted octanol–water partition coefficient (Wildman–Crippen LogP) is 4.29. The van der Waals surface area contributed by atoms with Crippen LogP contribution in [0.1, 0.15) is 43.0 Å². The van der Waals surface area contributed by atoms with Crippen LogP contribution in [0.5, 0.6) is 0 Å². The third kappa shape index (κ3) is 3.14. The van der Waals surface area contributed by atoms with Crippen molar-refractivity contribution in [1.82, 2.24) is 10.2 Å². The van der Waals surface area contributed by atoms with E-state index in [1.807, 2.05) is 41.3 Å². The van der Waals surface area contributed by atoms with Crippen molar-refractivity contribution in [3.8, 4) is 0 Å². The Morgan fingerprint density at radius 1 is 1.05 bits per heavy atom. The van der Waals surface area contributed by atoms with E-state index in [0.29, 0.717) is 0 Å². The number of benzene rings is 2. The quantitative estimate of drug-likeness (QED) is 0.899. The van der Waals surface area contributed by atoms with Crippen LogP contribution in [-0.2, 0) is 0 Å². The SMILES string of the molecule is C[C@@H](c1ccccc1)N1CCCC(c2ccccc2)NC1=O. The highest BCUT2D eigenvalue weighted by Gasteiger charge is 2.27. The lowest BCUT2D eigenvalue weighted by atomic mass is 10.0. The lowest BCUT2D eigenvalue weighted by Crippen LogP contribution is -2.40. The third-order valence-electron chi connectivity index (χ3n) is 4.40. The molecule has 2 aromatic rings. The fraction of sp³-hybridized carbons (Fsp3) is 0.316. The number of rotatable bonds is 3. The molecule has 1 saturated heterocycles. The van der Waals surface area contributed by atoms with Gasteiger partial charge in [0, 0.05) is 6.54 Å². The minimum Gasteiger partial charge on any atom is -0.331 e. The van der Waals surface area contributed by atoms with Gasteiger partial charge in [0.1, 0.15) is 0 Å². The van der Waals surface area contributed by atoms with Crippen LogP contribution in [0.3, 0.4) is 0 Å². The maximum atomic E-state index is 12.6. The summed E-state index contributed by atoms with van der Waals surface area (Å²) < 4.78 is 0. The topological polar surface area (TPSA) is 32.3 Å². The second kappa shape index (κ2) is 6.65. The molecule has 0 spiro atoms. The number of nitrogens with zero attached hydrogens (tertiary/aromatic N) is 1. The smallest absolute Gasteiger partial charge is 0.318 e. The van der Waals surface area contributed by atoms with E-state index in [1.165, 1.54) is 11.1 Å². The molecule has 2 aromatic carbocycles. The van der Waals surface area contributed by atoms with Crippen LogP contribution in [-0.4, -0.2) is 17.5 Å². The molecule has 3 nitrogen and oxygen atoms in total. The van der Waals surface area contributed by atoms with Gasteiger partial charge in [-0.25, -0.2) is 4.79 Å². The lowest BCUT2D eigenvalue weighted by Gasteiger charge is -2.28. The summed E-state index contributed by atoms with van der Waals surface area (Å²) in [6.45, 7) is 2.89. The number of carbonyl (C=O) groups is 1. The zero-order chi connectivity index (χ0) is 15.4. The first-order chi connectivity index (χ1) is 10.8. The summed E-state index contributed by atoms with van der Waals surface area (Å²) in [7, 11) is 0. The van der Waals surface area contributed by atoms with Crippen molar-refractivity contribution in [2.24, 2.45) is 0 Å². The molecular formula is C19H22N2O. The van der Waals surface area contributed by atoms with Crippen molar-refractivity contribution in [1.29, 1.82) is 0 Å². The maximum Gasteiger partial charge on any atom is 0.318 e. The molecule has 0 aliphatic carbocycles. The molecule has 1 aliphatic heterocycles. The van der Waals surface area contributed by atoms with E-state index in [2.05, 4.69) is 36.5 Å². The molecule has 0 bridgehead atoms. The monoisotopic (exact) mass is 294 g/mol. The Morgan fingerprint density at radius 2 is 1.68 bits per heavy atom. The van der Waals surface area contributed by atoms with Gasteiger partial charge in [0.15, 0.2) is 0 Å². The molecule has 22 heavy (non-hydrogen) atoms. The molecule has 1 N–H and O–H groups in total. The van der Waals surface area contributed by atoms with E-state index in [-0.39, 0.29) is 18.1 Å². The van der Waals surface area contributed by atoms with E-state index in [4.69, 9.17) is 0 Å². The number of urea groups is 1. The van der Waals surface area contributed by atoms with Gasteiger partial charge >= 0.3 is 6.03 Å². The highest BCUT2D eigenvalue weighted by Crippen LogP contribution is 2.26. The summed E-state index contributed by atoms with van der Waals surface area (Å²) in [5, 5.41) is 3.18. The molecule has 0 aromatic heterocycles. The summed E-state index contributed by atoms with van der Waals surface area (Å²) in [6, 6.07) is 20.7. The van der Waals surface area contributed by atoms with Gasteiger partial charge in [0.2, 0.25) is 0 Å². The molecule has 1 aliphatic rings. The van der Waals surface area contributed by atoms with E-state index in [0.717, 1.165) is 19.4 Å². The molecule has 1 fully saturated rings. The molecule has 1 unspecified atom stereocenters. The fourth-order valence-corrected chi connectivity index (χ4v) is 3.09. The van der Waals surface area contributed by atoms with Crippen LogP contribution >= 0.6 is 0 Å². The number of hydrogen-bond donors (Lipinski definition) is 1. The van der Waals surface area contributed by atoms with Crippen LogP contribution in [0.15, 0.2) is 60.7 Å². The summed E-state index contributed by atoms with van der Waals surface area (Å²) in [6.07, 6.45) is 1.99. The van der Waals surface area contributed by atoms with Crippen molar-refractivity contribution < 1.29 is 4.79 Å². The minimum atomic E-state index is 0.0303. The highest BCUT2D eigenvalue weighted by molar-refractivity contribution is 5.75. The van der Waals surface area contributed by atoms with Gasteiger partial charge < -0.3 is 10.2 Å². The van der Waals surface area contributed by atoms with Gasteiger partial charge in [0.25, 0.3) is 0 Å². The molecule has 2 atom stereocenters. The van der Waals surface area contributed by atoms with Gasteiger partial charge in [-0.1, -0.05) is 60.7 Å². The molecule has 3 rings (SSSR count). The first-order valence-electron chi connectivity index (χ1n) is 7.93. The zero-order valence-electron chi connectivity index (χ0n) is 12.9. The van der Waals surface area contributed by atoms with Crippen LogP contribution in [0, 0.1) is 0 Å². The number of carbonyl (C=O) groups excluding carboxylic acids is 1. The fourth-order valence-electron chi connectivity index (χ4n) is 3.09. The normalized spacial score (nSPS) is 20.1. The van der Waals surface area contributed by atoms with Crippen LogP contribution < -0.4 is 5.32 Å². The Balaban J connectivity index is 1.75. The Hall–Kier alpha value is -2.29. The third-order valence-corrected chi connectivity index (χ3v) is 4.40. The largest absolute Gasteiger partial charge is 0.331 e. The minimum absolute atomic E-state index is 0.0303. The van der Waals surface area contributed by atoms with Crippen molar-refractivity contribution in [3.05, 3.63) is 71.8 Å². The number of hydrogen-bond acceptors (Lipinski definition) is 1. The van der Waals surface area contributed by atoms with Gasteiger partial charge in [-0.3, -0.25) is 0 Å². The second-order valence-electron chi connectivity index (χ2n) is 5.84. The van der Waals surface area contributed by atoms with E-state index < -0.39 is 0 Å². The molecule has 3 heteroatoms. The van der Waals surface area contributed by atoms with Crippen LogP contribution in [0.4, 0.5) is 4.79 Å². The standard InChI is InChI=1S/C19H22N2O/c1-15(16-9-4-2-5-10-16)21-14-8-13-18(20-19(21)22)17-11-6-3-7-12-17/h2-7,9-12,15,18H,8,13-14H2,1H3,(H,20,22)/t15-,18?/m0/s1. The zero-order valence-corrected chi connectivity index (χ0v) is 12.9. The van der Waals surface area contributed by atoms with Gasteiger partial charge in [-0.2, -0.15) is 0 Å². The first-order valence-corrected chi connectivity index (χ1v) is 7.93. The second-order valence-corrected chi connectivity index (χ2v) is 5.84.